The Morgan fingerprint density at radius 3 is 2.95 bits per heavy atom. The summed E-state index contributed by atoms with van der Waals surface area (Å²) in [5.74, 6) is 2.64. The van der Waals surface area contributed by atoms with Gasteiger partial charge in [-0.05, 0) is 36.6 Å². The zero-order chi connectivity index (χ0) is 13.5. The second kappa shape index (κ2) is 4.52. The van der Waals surface area contributed by atoms with Gasteiger partial charge in [0.15, 0.2) is 11.5 Å². The van der Waals surface area contributed by atoms with E-state index in [1.165, 1.54) is 0 Å². The topological polar surface area (TPSA) is 46.6 Å². The number of fused-ring (bicyclic) bond motifs is 2. The number of benzene rings is 1. The molecule has 1 aromatic carbocycles. The lowest BCUT2D eigenvalue weighted by Crippen LogP contribution is -2.34. The van der Waals surface area contributed by atoms with Crippen LogP contribution in [0.25, 0.3) is 10.8 Å². The molecule has 3 heterocycles. The van der Waals surface area contributed by atoms with Crippen molar-refractivity contribution in [1.29, 1.82) is 0 Å². The van der Waals surface area contributed by atoms with E-state index in [0.29, 0.717) is 12.8 Å². The molecular weight excluding hydrogens is 254 g/mol. The molecule has 0 spiro atoms. The highest BCUT2D eigenvalue weighted by atomic mass is 16.7. The van der Waals surface area contributed by atoms with Gasteiger partial charge in [0, 0.05) is 31.2 Å². The van der Waals surface area contributed by atoms with Crippen LogP contribution in [0.4, 0.5) is 5.82 Å². The molecule has 1 unspecified atom stereocenters. The van der Waals surface area contributed by atoms with Crippen molar-refractivity contribution in [2.45, 2.75) is 12.5 Å². The number of hydrogen-bond donors (Lipinski definition) is 1. The summed E-state index contributed by atoms with van der Waals surface area (Å²) in [7, 11) is 2.12. The van der Waals surface area contributed by atoms with Gasteiger partial charge >= 0.3 is 0 Å². The summed E-state index contributed by atoms with van der Waals surface area (Å²) in [6.45, 7) is 2.39. The lowest BCUT2D eigenvalue weighted by atomic mass is 10.1. The van der Waals surface area contributed by atoms with Crippen LogP contribution in [-0.4, -0.2) is 38.0 Å². The van der Waals surface area contributed by atoms with Gasteiger partial charge in [-0.2, -0.15) is 0 Å². The zero-order valence-corrected chi connectivity index (χ0v) is 11.4. The first-order valence-electron chi connectivity index (χ1n) is 6.95. The predicted molar refractivity (Wildman–Crippen MR) is 77.5 cm³/mol. The number of rotatable bonds is 2. The van der Waals surface area contributed by atoms with Gasteiger partial charge in [-0.25, -0.2) is 4.98 Å². The standard InChI is InChI=1S/C15H17N3O2/c1-18(11-3-4-16-8-11)15-12-7-14-13(19-9-20-14)6-10(12)2-5-17-15/h2,5-7,11,16H,3-4,8-9H2,1H3. The highest BCUT2D eigenvalue weighted by molar-refractivity contribution is 5.94. The Morgan fingerprint density at radius 2 is 2.15 bits per heavy atom. The van der Waals surface area contributed by atoms with Gasteiger partial charge in [-0.3, -0.25) is 0 Å². The molecule has 1 N–H and O–H groups in total. The summed E-state index contributed by atoms with van der Waals surface area (Å²) in [6, 6.07) is 6.59. The zero-order valence-electron chi connectivity index (χ0n) is 11.4. The first-order valence-corrected chi connectivity index (χ1v) is 6.95. The maximum Gasteiger partial charge on any atom is 0.231 e. The number of aromatic nitrogens is 1. The molecule has 0 aliphatic carbocycles. The molecule has 1 fully saturated rings. The molecule has 20 heavy (non-hydrogen) atoms. The van der Waals surface area contributed by atoms with Gasteiger partial charge in [0.2, 0.25) is 6.79 Å². The van der Waals surface area contributed by atoms with E-state index in [1.54, 1.807) is 0 Å². The summed E-state index contributed by atoms with van der Waals surface area (Å²) >= 11 is 0. The van der Waals surface area contributed by atoms with Gasteiger partial charge in [0.1, 0.15) is 5.82 Å². The minimum absolute atomic E-state index is 0.302. The molecule has 0 radical (unpaired) electrons. The lowest BCUT2D eigenvalue weighted by molar-refractivity contribution is 0.174. The van der Waals surface area contributed by atoms with E-state index in [1.807, 2.05) is 24.4 Å². The fourth-order valence-corrected chi connectivity index (χ4v) is 2.97. The van der Waals surface area contributed by atoms with E-state index in [9.17, 15) is 0 Å². The predicted octanol–water partition coefficient (Wildman–Crippen LogP) is 1.76. The van der Waals surface area contributed by atoms with Crippen LogP contribution in [0.2, 0.25) is 0 Å². The van der Waals surface area contributed by atoms with Gasteiger partial charge in [-0.1, -0.05) is 0 Å². The van der Waals surface area contributed by atoms with Crippen molar-refractivity contribution < 1.29 is 9.47 Å². The van der Waals surface area contributed by atoms with Crippen LogP contribution >= 0.6 is 0 Å². The summed E-state index contributed by atoms with van der Waals surface area (Å²) in [5, 5.41) is 5.65. The molecule has 4 rings (SSSR count). The third-order valence-corrected chi connectivity index (χ3v) is 4.15. The van der Waals surface area contributed by atoms with Crippen LogP contribution in [0.5, 0.6) is 11.5 Å². The molecule has 1 aromatic heterocycles. The largest absolute Gasteiger partial charge is 0.454 e. The quantitative estimate of drug-likeness (QED) is 0.902. The van der Waals surface area contributed by atoms with E-state index in [2.05, 4.69) is 22.2 Å². The number of nitrogens with zero attached hydrogens (tertiary/aromatic N) is 2. The molecule has 1 atom stereocenters. The van der Waals surface area contributed by atoms with E-state index in [0.717, 1.165) is 47.6 Å². The SMILES string of the molecule is CN(c1nccc2cc3c(cc12)OCO3)C1CCNC1. The summed E-state index contributed by atoms with van der Waals surface area (Å²) in [5.41, 5.74) is 0. The Balaban J connectivity index is 1.82. The number of nitrogens with one attached hydrogen (secondary N) is 1. The van der Waals surface area contributed by atoms with Crippen molar-refractivity contribution >= 4 is 16.6 Å². The molecule has 104 valence electrons. The molecule has 2 aliphatic rings. The van der Waals surface area contributed by atoms with Crippen molar-refractivity contribution in [3.8, 4) is 11.5 Å². The third-order valence-electron chi connectivity index (χ3n) is 4.15. The second-order valence-corrected chi connectivity index (χ2v) is 5.32. The molecule has 0 saturated carbocycles. The number of hydrogen-bond acceptors (Lipinski definition) is 5. The Morgan fingerprint density at radius 1 is 1.30 bits per heavy atom. The van der Waals surface area contributed by atoms with E-state index < -0.39 is 0 Å². The number of pyridine rings is 1. The molecule has 2 aromatic rings. The molecule has 5 heteroatoms. The van der Waals surface area contributed by atoms with Crippen molar-refractivity contribution in [3.05, 3.63) is 24.4 Å². The molecule has 2 aliphatic heterocycles. The van der Waals surface area contributed by atoms with Crippen molar-refractivity contribution in [2.24, 2.45) is 0 Å². The average Bonchev–Trinajstić information content (AvgIpc) is 3.14. The number of likely N-dealkylation sites (N-methyl/N-ethyl adjacent to an activating group) is 1. The Kier molecular flexibility index (Phi) is 2.67. The molecule has 0 amide bonds. The van der Waals surface area contributed by atoms with Gasteiger partial charge in [-0.15, -0.1) is 0 Å². The minimum atomic E-state index is 0.302. The fraction of sp³-hybridized carbons (Fsp3) is 0.400. The van der Waals surface area contributed by atoms with Crippen molar-refractivity contribution in [1.82, 2.24) is 10.3 Å². The first-order chi connectivity index (χ1) is 9.83. The highest BCUT2D eigenvalue weighted by Gasteiger charge is 2.23. The molecule has 0 bridgehead atoms. The molecule has 5 nitrogen and oxygen atoms in total. The average molecular weight is 271 g/mol. The van der Waals surface area contributed by atoms with Crippen LogP contribution in [0.15, 0.2) is 24.4 Å². The van der Waals surface area contributed by atoms with Crippen molar-refractivity contribution in [3.63, 3.8) is 0 Å². The normalized spacial score (nSPS) is 20.6. The Labute approximate surface area is 117 Å². The van der Waals surface area contributed by atoms with E-state index >= 15 is 0 Å². The summed E-state index contributed by atoms with van der Waals surface area (Å²) < 4.78 is 10.9. The highest BCUT2D eigenvalue weighted by Crippen LogP contribution is 2.38. The van der Waals surface area contributed by atoms with Crippen LogP contribution in [-0.2, 0) is 0 Å². The maximum absolute atomic E-state index is 5.49. The monoisotopic (exact) mass is 271 g/mol. The Bertz CT molecular complexity index is 653. The smallest absolute Gasteiger partial charge is 0.231 e. The summed E-state index contributed by atoms with van der Waals surface area (Å²) in [6.07, 6.45) is 3.01. The van der Waals surface area contributed by atoms with E-state index in [4.69, 9.17) is 9.47 Å². The van der Waals surface area contributed by atoms with E-state index in [-0.39, 0.29) is 0 Å². The molecular formula is C15H17N3O2. The minimum Gasteiger partial charge on any atom is -0.454 e. The third kappa shape index (κ3) is 1.78. The van der Waals surface area contributed by atoms with Crippen LogP contribution < -0.4 is 19.7 Å². The molecule has 1 saturated heterocycles. The fourth-order valence-electron chi connectivity index (χ4n) is 2.97. The van der Waals surface area contributed by atoms with Gasteiger partial charge in [0.25, 0.3) is 0 Å². The van der Waals surface area contributed by atoms with Gasteiger partial charge < -0.3 is 19.7 Å². The Hall–Kier alpha value is -2.01. The van der Waals surface area contributed by atoms with Crippen LogP contribution in [0.1, 0.15) is 6.42 Å². The lowest BCUT2D eigenvalue weighted by Gasteiger charge is -2.26. The van der Waals surface area contributed by atoms with Crippen LogP contribution in [0, 0.1) is 0 Å². The van der Waals surface area contributed by atoms with Crippen LogP contribution in [0.3, 0.4) is 0 Å². The van der Waals surface area contributed by atoms with Crippen molar-refractivity contribution in [2.75, 3.05) is 31.8 Å². The van der Waals surface area contributed by atoms with Gasteiger partial charge in [0.05, 0.1) is 0 Å². The number of ether oxygens (including phenoxy) is 2. The number of anilines is 1. The maximum atomic E-state index is 5.49. The second-order valence-electron chi connectivity index (χ2n) is 5.32. The first kappa shape index (κ1) is 11.8. The summed E-state index contributed by atoms with van der Waals surface area (Å²) in [4.78, 5) is 6.85.